The average Bonchev–Trinajstić information content (AvgIpc) is 2.44. The van der Waals surface area contributed by atoms with Gasteiger partial charge in [-0.1, -0.05) is 54.2 Å². The van der Waals surface area contributed by atoms with Gasteiger partial charge in [0.05, 0.1) is 6.10 Å². The molecule has 0 rings (SSSR count). The van der Waals surface area contributed by atoms with Gasteiger partial charge in [0.1, 0.15) is 5.76 Å². The van der Waals surface area contributed by atoms with Gasteiger partial charge in [0.15, 0.2) is 0 Å². The van der Waals surface area contributed by atoms with Gasteiger partial charge in [0.2, 0.25) is 0 Å². The summed E-state index contributed by atoms with van der Waals surface area (Å²) in [5.74, 6) is 0.905. The minimum Gasteiger partial charge on any atom is -0.491 e. The van der Waals surface area contributed by atoms with E-state index in [1.807, 2.05) is 87.5 Å². The summed E-state index contributed by atoms with van der Waals surface area (Å²) in [6.45, 7) is 23.7. The van der Waals surface area contributed by atoms with Gasteiger partial charge < -0.3 is 4.74 Å². The molecule has 0 saturated carbocycles. The summed E-state index contributed by atoms with van der Waals surface area (Å²) >= 11 is 0. The molecule has 0 heterocycles. The molecule has 0 aliphatic heterocycles. The lowest BCUT2D eigenvalue weighted by Gasteiger charge is -2.10. The molecule has 0 N–H and O–H groups in total. The second-order valence-electron chi connectivity index (χ2n) is 2.95. The van der Waals surface area contributed by atoms with Gasteiger partial charge in [-0.2, -0.15) is 0 Å². The van der Waals surface area contributed by atoms with Crippen molar-refractivity contribution in [1.29, 1.82) is 0 Å². The maximum absolute atomic E-state index is 5.51. The molecule has 0 atom stereocenters. The number of hydrogen-bond acceptors (Lipinski definition) is 1. The Morgan fingerprint density at radius 2 is 1.39 bits per heavy atom. The van der Waals surface area contributed by atoms with Crippen LogP contribution in [0.2, 0.25) is 0 Å². The monoisotopic (exact) mass is 256 g/mol. The zero-order valence-corrected chi connectivity index (χ0v) is 14.4. The molecule has 0 aliphatic carbocycles. The summed E-state index contributed by atoms with van der Waals surface area (Å²) in [5.41, 5.74) is 1.11. The summed E-state index contributed by atoms with van der Waals surface area (Å²) < 4.78 is 5.51. The Morgan fingerprint density at radius 1 is 1.00 bits per heavy atom. The zero-order chi connectivity index (χ0) is 15.6. The first kappa shape index (κ1) is 25.8. The van der Waals surface area contributed by atoms with Gasteiger partial charge in [-0.25, -0.2) is 0 Å². The first-order valence-electron chi connectivity index (χ1n) is 7.23. The Bertz CT molecular complexity index is 198. The molecule has 0 spiro atoms. The highest BCUT2D eigenvalue weighted by molar-refractivity contribution is 5.23. The smallest absolute Gasteiger partial charge is 0.115 e. The normalized spacial score (nSPS) is 9.94. The van der Waals surface area contributed by atoms with Crippen LogP contribution in [-0.2, 0) is 4.74 Å². The van der Waals surface area contributed by atoms with Crippen LogP contribution in [0.15, 0.2) is 36.1 Å². The Kier molecular flexibility index (Phi) is 35.8. The SMILES string of the molecule is C=C/C(C)=C\C(=C/C)OC(C)C.CC.CC.CC. The summed E-state index contributed by atoms with van der Waals surface area (Å²) in [6.07, 6.45) is 5.97. The Balaban J connectivity index is -0.000000141. The second-order valence-corrected chi connectivity index (χ2v) is 2.95. The van der Waals surface area contributed by atoms with Crippen molar-refractivity contribution in [2.24, 2.45) is 0 Å². The van der Waals surface area contributed by atoms with E-state index in [4.69, 9.17) is 4.74 Å². The quantitative estimate of drug-likeness (QED) is 0.410. The van der Waals surface area contributed by atoms with Crippen LogP contribution >= 0.6 is 0 Å². The van der Waals surface area contributed by atoms with Crippen LogP contribution in [0.4, 0.5) is 0 Å². The van der Waals surface area contributed by atoms with Crippen LogP contribution in [0.5, 0.6) is 0 Å². The molecule has 0 aromatic carbocycles. The number of ether oxygens (including phenoxy) is 1. The fraction of sp³-hybridized carbons (Fsp3) is 0.647. The van der Waals surface area contributed by atoms with E-state index in [-0.39, 0.29) is 6.10 Å². The average molecular weight is 256 g/mol. The lowest BCUT2D eigenvalue weighted by molar-refractivity contribution is 0.157. The van der Waals surface area contributed by atoms with E-state index < -0.39 is 0 Å². The number of hydrogen-bond donors (Lipinski definition) is 0. The number of allylic oxidation sites excluding steroid dienone is 4. The van der Waals surface area contributed by atoms with Crippen molar-refractivity contribution in [2.75, 3.05) is 0 Å². The molecule has 1 heteroatoms. The predicted molar refractivity (Wildman–Crippen MR) is 88.0 cm³/mol. The molecule has 0 amide bonds. The molecule has 0 unspecified atom stereocenters. The van der Waals surface area contributed by atoms with Crippen molar-refractivity contribution in [3.05, 3.63) is 36.1 Å². The first-order valence-corrected chi connectivity index (χ1v) is 7.23. The maximum atomic E-state index is 5.51. The molecular formula is C17H36O. The molecule has 1 nitrogen and oxygen atoms in total. The highest BCUT2D eigenvalue weighted by atomic mass is 16.5. The van der Waals surface area contributed by atoms with Gasteiger partial charge in [0.25, 0.3) is 0 Å². The molecule has 18 heavy (non-hydrogen) atoms. The highest BCUT2D eigenvalue weighted by Gasteiger charge is 1.95. The molecule has 0 aromatic rings. The van der Waals surface area contributed by atoms with E-state index in [2.05, 4.69) is 6.58 Å². The third kappa shape index (κ3) is 24.3. The van der Waals surface area contributed by atoms with Crippen molar-refractivity contribution in [2.45, 2.75) is 75.3 Å². The molecule has 0 radical (unpaired) electrons. The van der Waals surface area contributed by atoms with Gasteiger partial charge in [-0.15, -0.1) is 0 Å². The van der Waals surface area contributed by atoms with E-state index in [1.54, 1.807) is 0 Å². The van der Waals surface area contributed by atoms with Crippen LogP contribution in [0, 0.1) is 0 Å². The lowest BCUT2D eigenvalue weighted by atomic mass is 10.2. The highest BCUT2D eigenvalue weighted by Crippen LogP contribution is 2.07. The summed E-state index contributed by atoms with van der Waals surface area (Å²) in [4.78, 5) is 0. The summed E-state index contributed by atoms with van der Waals surface area (Å²) in [5, 5.41) is 0. The third-order valence-electron chi connectivity index (χ3n) is 1.35. The van der Waals surface area contributed by atoms with Gasteiger partial charge >= 0.3 is 0 Å². The van der Waals surface area contributed by atoms with Crippen molar-refractivity contribution in [3.63, 3.8) is 0 Å². The van der Waals surface area contributed by atoms with E-state index in [9.17, 15) is 0 Å². The van der Waals surface area contributed by atoms with Crippen molar-refractivity contribution in [1.82, 2.24) is 0 Å². The third-order valence-corrected chi connectivity index (χ3v) is 1.35. The molecular weight excluding hydrogens is 220 g/mol. The van der Waals surface area contributed by atoms with Crippen LogP contribution < -0.4 is 0 Å². The van der Waals surface area contributed by atoms with Crippen molar-refractivity contribution >= 4 is 0 Å². The van der Waals surface area contributed by atoms with Gasteiger partial charge in [-0.3, -0.25) is 0 Å². The molecule has 110 valence electrons. The van der Waals surface area contributed by atoms with Crippen LogP contribution in [0.1, 0.15) is 69.2 Å². The van der Waals surface area contributed by atoms with E-state index in [0.29, 0.717) is 0 Å². The van der Waals surface area contributed by atoms with Crippen LogP contribution in [0.3, 0.4) is 0 Å². The molecule has 0 saturated heterocycles. The fourth-order valence-electron chi connectivity index (χ4n) is 0.741. The Labute approximate surface area is 117 Å². The van der Waals surface area contributed by atoms with Crippen molar-refractivity contribution in [3.8, 4) is 0 Å². The lowest BCUT2D eigenvalue weighted by Crippen LogP contribution is -2.00. The second kappa shape index (κ2) is 25.0. The van der Waals surface area contributed by atoms with E-state index in [0.717, 1.165) is 11.3 Å². The topological polar surface area (TPSA) is 9.23 Å². The molecule has 0 aliphatic rings. The van der Waals surface area contributed by atoms with Gasteiger partial charge in [0, 0.05) is 0 Å². The van der Waals surface area contributed by atoms with E-state index >= 15 is 0 Å². The van der Waals surface area contributed by atoms with Crippen LogP contribution in [0.25, 0.3) is 0 Å². The Morgan fingerprint density at radius 3 is 1.61 bits per heavy atom. The standard InChI is InChI=1S/C11H18O.3C2H6/c1-6-10(5)8-11(7-2)12-9(3)4;3*1-2/h6-9H,1H2,2-5H3;3*1-2H3/b10-8-,11-7+;;;. The summed E-state index contributed by atoms with van der Waals surface area (Å²) in [6, 6.07) is 0. The number of rotatable bonds is 4. The predicted octanol–water partition coefficient (Wildman–Crippen LogP) is 6.53. The molecule has 0 fully saturated rings. The van der Waals surface area contributed by atoms with Gasteiger partial charge in [-0.05, 0) is 45.4 Å². The zero-order valence-electron chi connectivity index (χ0n) is 14.4. The minimum atomic E-state index is 0.227. The fourth-order valence-corrected chi connectivity index (χ4v) is 0.741. The van der Waals surface area contributed by atoms with Crippen LogP contribution in [-0.4, -0.2) is 6.10 Å². The molecule has 0 bridgehead atoms. The molecule has 0 aromatic heterocycles. The minimum absolute atomic E-state index is 0.227. The maximum Gasteiger partial charge on any atom is 0.115 e. The Hall–Kier alpha value is -0.980. The van der Waals surface area contributed by atoms with E-state index in [1.165, 1.54) is 0 Å². The van der Waals surface area contributed by atoms with Crippen molar-refractivity contribution < 1.29 is 4.74 Å². The first-order chi connectivity index (χ1) is 8.60. The largest absolute Gasteiger partial charge is 0.491 e. The summed E-state index contributed by atoms with van der Waals surface area (Å²) in [7, 11) is 0.